The summed E-state index contributed by atoms with van der Waals surface area (Å²) in [6.45, 7) is 3.34. The van der Waals surface area contributed by atoms with Gasteiger partial charge in [0.1, 0.15) is 12.1 Å². The van der Waals surface area contributed by atoms with Crippen LogP contribution in [0.25, 0.3) is 0 Å². The van der Waals surface area contributed by atoms with Crippen molar-refractivity contribution >= 4 is 46.5 Å². The van der Waals surface area contributed by atoms with Crippen molar-refractivity contribution in [2.75, 3.05) is 5.75 Å². The van der Waals surface area contributed by atoms with Gasteiger partial charge in [-0.3, -0.25) is 18.9 Å². The zero-order valence-corrected chi connectivity index (χ0v) is 17.7. The van der Waals surface area contributed by atoms with Crippen LogP contribution in [-0.4, -0.2) is 76.1 Å². The highest BCUT2D eigenvalue weighted by Crippen LogP contribution is 2.12. The molecule has 0 heterocycles. The van der Waals surface area contributed by atoms with Crippen LogP contribution in [0.4, 0.5) is 0 Å². The standard InChI is InChI=1S/C15H27N3O9S2/c1-3-7(2)11(13(21)17-9(15(23)24)6-10(19)20)18-14(22)12(28)8(16)4-5-29(25,26)27/h7-9,11-12,28H,3-6,16H2,1-2H3,(H,17,21)(H,18,22)(H,19,20)(H,23,24)(H,25,26,27)/t7-,8-,9-,11-,12+/m0/s1. The number of nitrogens with one attached hydrogen (secondary N) is 2. The predicted molar refractivity (Wildman–Crippen MR) is 105 cm³/mol. The lowest BCUT2D eigenvalue weighted by molar-refractivity contribution is -0.147. The van der Waals surface area contributed by atoms with Crippen LogP contribution in [0.15, 0.2) is 0 Å². The van der Waals surface area contributed by atoms with E-state index >= 15 is 0 Å². The van der Waals surface area contributed by atoms with Gasteiger partial charge in [-0.05, 0) is 12.3 Å². The number of carboxylic acids is 2. The summed E-state index contributed by atoms with van der Waals surface area (Å²) in [7, 11) is -4.28. The second-order valence-electron chi connectivity index (χ2n) is 6.55. The maximum atomic E-state index is 12.5. The number of amides is 2. The summed E-state index contributed by atoms with van der Waals surface area (Å²) in [5.74, 6) is -5.80. The normalized spacial score (nSPS) is 16.7. The maximum absolute atomic E-state index is 12.5. The second-order valence-corrected chi connectivity index (χ2v) is 8.68. The molecule has 0 aliphatic rings. The summed E-state index contributed by atoms with van der Waals surface area (Å²) in [6, 6.07) is -3.95. The monoisotopic (exact) mass is 457 g/mol. The molecule has 0 aromatic carbocycles. The van der Waals surface area contributed by atoms with Gasteiger partial charge in [0.2, 0.25) is 11.8 Å². The molecule has 0 bridgehead atoms. The Morgan fingerprint density at radius 2 is 1.66 bits per heavy atom. The van der Waals surface area contributed by atoms with Crippen molar-refractivity contribution < 1.29 is 42.4 Å². The third kappa shape index (κ3) is 10.4. The van der Waals surface area contributed by atoms with E-state index in [1.807, 2.05) is 0 Å². The van der Waals surface area contributed by atoms with Gasteiger partial charge in [-0.15, -0.1) is 0 Å². The van der Waals surface area contributed by atoms with Crippen molar-refractivity contribution in [3.8, 4) is 0 Å². The highest BCUT2D eigenvalue weighted by atomic mass is 32.2. The van der Waals surface area contributed by atoms with Gasteiger partial charge in [0, 0.05) is 6.04 Å². The third-order valence-corrected chi connectivity index (χ3v) is 5.54. The van der Waals surface area contributed by atoms with E-state index in [2.05, 4.69) is 23.3 Å². The molecule has 0 saturated carbocycles. The lowest BCUT2D eigenvalue weighted by Gasteiger charge is -2.27. The Labute approximate surface area is 173 Å². The SMILES string of the molecule is CC[C@H](C)[C@H](NC(=O)[C@H](S)[C@@H](N)CCS(=O)(=O)O)C(=O)N[C@@H](CC(=O)O)C(=O)O. The lowest BCUT2D eigenvalue weighted by atomic mass is 9.97. The average molecular weight is 458 g/mol. The molecule has 168 valence electrons. The fourth-order valence-electron chi connectivity index (χ4n) is 2.21. The molecular weight excluding hydrogens is 430 g/mol. The Bertz CT molecular complexity index is 714. The first-order chi connectivity index (χ1) is 13.2. The summed E-state index contributed by atoms with van der Waals surface area (Å²) in [6.07, 6.45) is -0.695. The Morgan fingerprint density at radius 3 is 2.07 bits per heavy atom. The Balaban J connectivity index is 5.22. The summed E-state index contributed by atoms with van der Waals surface area (Å²) in [4.78, 5) is 46.7. The van der Waals surface area contributed by atoms with E-state index < -0.39 is 75.3 Å². The van der Waals surface area contributed by atoms with E-state index in [0.29, 0.717) is 6.42 Å². The topological polar surface area (TPSA) is 213 Å². The number of aliphatic carboxylic acids is 2. The summed E-state index contributed by atoms with van der Waals surface area (Å²) >= 11 is 4.02. The zero-order chi connectivity index (χ0) is 22.9. The number of rotatable bonds is 13. The molecule has 7 N–H and O–H groups in total. The van der Waals surface area contributed by atoms with Crippen molar-refractivity contribution in [1.29, 1.82) is 0 Å². The number of carbonyl (C=O) groups is 4. The van der Waals surface area contributed by atoms with Gasteiger partial charge in [0.05, 0.1) is 17.4 Å². The molecule has 29 heavy (non-hydrogen) atoms. The van der Waals surface area contributed by atoms with Gasteiger partial charge in [-0.1, -0.05) is 20.3 Å². The van der Waals surface area contributed by atoms with Crippen LogP contribution in [0.1, 0.15) is 33.1 Å². The Hall–Kier alpha value is -1.90. The third-order valence-electron chi connectivity index (χ3n) is 4.17. The van der Waals surface area contributed by atoms with Gasteiger partial charge in [0.15, 0.2) is 0 Å². The first-order valence-corrected chi connectivity index (χ1v) is 10.8. The number of carbonyl (C=O) groups excluding carboxylic acids is 2. The predicted octanol–water partition coefficient (Wildman–Crippen LogP) is -1.53. The molecular formula is C15H27N3O9S2. The minimum Gasteiger partial charge on any atom is -0.481 e. The highest BCUT2D eigenvalue weighted by molar-refractivity contribution is 7.85. The number of nitrogens with two attached hydrogens (primary N) is 1. The number of carboxylic acid groups (broad SMARTS) is 2. The molecule has 0 saturated heterocycles. The van der Waals surface area contributed by atoms with Gasteiger partial charge in [-0.2, -0.15) is 21.0 Å². The zero-order valence-electron chi connectivity index (χ0n) is 15.9. The molecule has 0 spiro atoms. The van der Waals surface area contributed by atoms with Gasteiger partial charge >= 0.3 is 11.9 Å². The van der Waals surface area contributed by atoms with E-state index in [9.17, 15) is 27.6 Å². The van der Waals surface area contributed by atoms with Gasteiger partial charge in [-0.25, -0.2) is 4.79 Å². The van der Waals surface area contributed by atoms with Crippen LogP contribution in [0.5, 0.6) is 0 Å². The molecule has 12 nitrogen and oxygen atoms in total. The van der Waals surface area contributed by atoms with Crippen molar-refractivity contribution in [2.24, 2.45) is 11.7 Å². The fourth-order valence-corrected chi connectivity index (χ4v) is 3.01. The lowest BCUT2D eigenvalue weighted by Crippen LogP contribution is -2.57. The van der Waals surface area contributed by atoms with Gasteiger partial charge < -0.3 is 26.6 Å². The molecule has 0 aromatic rings. The molecule has 0 unspecified atom stereocenters. The number of hydrogen-bond acceptors (Lipinski definition) is 8. The van der Waals surface area contributed by atoms with Crippen LogP contribution in [-0.2, 0) is 29.3 Å². The van der Waals surface area contributed by atoms with E-state index in [1.54, 1.807) is 13.8 Å². The summed E-state index contributed by atoms with van der Waals surface area (Å²) in [5, 5.41) is 21.1. The smallest absolute Gasteiger partial charge is 0.326 e. The van der Waals surface area contributed by atoms with E-state index in [0.717, 1.165) is 0 Å². The fraction of sp³-hybridized carbons (Fsp3) is 0.733. The number of thiol groups is 1. The number of hydrogen-bond donors (Lipinski definition) is 7. The van der Waals surface area contributed by atoms with Crippen LogP contribution >= 0.6 is 12.6 Å². The van der Waals surface area contributed by atoms with Gasteiger partial charge in [0.25, 0.3) is 10.1 Å². The van der Waals surface area contributed by atoms with E-state index in [4.69, 9.17) is 20.5 Å². The van der Waals surface area contributed by atoms with Crippen LogP contribution < -0.4 is 16.4 Å². The first-order valence-electron chi connectivity index (χ1n) is 8.63. The van der Waals surface area contributed by atoms with Crippen molar-refractivity contribution in [3.63, 3.8) is 0 Å². The van der Waals surface area contributed by atoms with Crippen molar-refractivity contribution in [2.45, 2.75) is 56.5 Å². The largest absolute Gasteiger partial charge is 0.481 e. The van der Waals surface area contributed by atoms with Crippen LogP contribution in [0.3, 0.4) is 0 Å². The molecule has 14 heteroatoms. The average Bonchev–Trinajstić information content (AvgIpc) is 2.60. The molecule has 0 fully saturated rings. The minimum absolute atomic E-state index is 0.264. The van der Waals surface area contributed by atoms with Crippen molar-refractivity contribution in [3.05, 3.63) is 0 Å². The molecule has 5 atom stereocenters. The van der Waals surface area contributed by atoms with E-state index in [-0.39, 0.29) is 6.42 Å². The van der Waals surface area contributed by atoms with Crippen molar-refractivity contribution in [1.82, 2.24) is 10.6 Å². The Kier molecular flexibility index (Phi) is 11.2. The van der Waals surface area contributed by atoms with Crippen LogP contribution in [0, 0.1) is 5.92 Å². The first kappa shape index (κ1) is 27.1. The summed E-state index contributed by atoms with van der Waals surface area (Å²) in [5.41, 5.74) is 5.70. The maximum Gasteiger partial charge on any atom is 0.326 e. The minimum atomic E-state index is -4.28. The Morgan fingerprint density at radius 1 is 1.10 bits per heavy atom. The molecule has 2 amide bonds. The second kappa shape index (κ2) is 11.9. The molecule has 0 rings (SSSR count). The molecule has 0 radical (unpaired) electrons. The molecule has 0 aromatic heterocycles. The highest BCUT2D eigenvalue weighted by Gasteiger charge is 2.33. The quantitative estimate of drug-likeness (QED) is 0.125. The summed E-state index contributed by atoms with van der Waals surface area (Å²) < 4.78 is 30.3. The van der Waals surface area contributed by atoms with E-state index in [1.165, 1.54) is 0 Å². The molecule has 0 aliphatic heterocycles. The van der Waals surface area contributed by atoms with Crippen LogP contribution in [0.2, 0.25) is 0 Å². The molecule has 0 aliphatic carbocycles.